The topological polar surface area (TPSA) is 43.4 Å². The number of methoxy groups -OCH3 is 1. The van der Waals surface area contributed by atoms with E-state index in [2.05, 4.69) is 15.9 Å². The molecule has 0 spiro atoms. The minimum absolute atomic E-state index is 0.109. The third-order valence-corrected chi connectivity index (χ3v) is 5.25. The Morgan fingerprint density at radius 1 is 1.29 bits per heavy atom. The zero-order chi connectivity index (χ0) is 15.4. The van der Waals surface area contributed by atoms with Gasteiger partial charge in [0, 0.05) is 5.56 Å². The minimum atomic E-state index is -1.47. The molecule has 0 aliphatic carbocycles. The molecule has 0 saturated heterocycles. The first-order valence-electron chi connectivity index (χ1n) is 6.02. The summed E-state index contributed by atoms with van der Waals surface area (Å²) in [5, 5.41) is 0.402. The molecule has 0 fully saturated rings. The van der Waals surface area contributed by atoms with Gasteiger partial charge in [-0.15, -0.1) is 0 Å². The summed E-state index contributed by atoms with van der Waals surface area (Å²) in [5.74, 6) is 0.318. The monoisotopic (exact) mass is 386 g/mol. The van der Waals surface area contributed by atoms with E-state index < -0.39 is 10.8 Å². The van der Waals surface area contributed by atoms with Crippen molar-refractivity contribution in [2.45, 2.75) is 4.90 Å². The molecule has 0 aliphatic rings. The molecule has 6 heteroatoms. The van der Waals surface area contributed by atoms with E-state index >= 15 is 0 Å². The van der Waals surface area contributed by atoms with Crippen LogP contribution < -0.4 is 4.74 Å². The summed E-state index contributed by atoms with van der Waals surface area (Å²) in [6, 6.07) is 11.8. The quantitative estimate of drug-likeness (QED) is 0.725. The van der Waals surface area contributed by atoms with Crippen molar-refractivity contribution in [3.8, 4) is 5.75 Å². The van der Waals surface area contributed by atoms with Gasteiger partial charge in [0.1, 0.15) is 5.75 Å². The smallest absolute Gasteiger partial charge is 0.175 e. The molecule has 0 N–H and O–H groups in total. The number of rotatable bonds is 5. The fourth-order valence-electron chi connectivity index (χ4n) is 1.75. The van der Waals surface area contributed by atoms with Crippen LogP contribution in [0.3, 0.4) is 0 Å². The summed E-state index contributed by atoms with van der Waals surface area (Å²) >= 11 is 9.31. The highest BCUT2D eigenvalue weighted by molar-refractivity contribution is 9.10. The Morgan fingerprint density at radius 3 is 2.62 bits per heavy atom. The van der Waals surface area contributed by atoms with Gasteiger partial charge in [-0.2, -0.15) is 0 Å². The molecule has 1 atom stereocenters. The van der Waals surface area contributed by atoms with Crippen LogP contribution in [0.1, 0.15) is 10.4 Å². The van der Waals surface area contributed by atoms with Gasteiger partial charge in [0.05, 0.1) is 38.1 Å². The molecule has 2 aromatic rings. The van der Waals surface area contributed by atoms with Crippen molar-refractivity contribution in [1.82, 2.24) is 0 Å². The lowest BCUT2D eigenvalue weighted by molar-refractivity contribution is 0.102. The third kappa shape index (κ3) is 3.93. The van der Waals surface area contributed by atoms with E-state index in [0.29, 0.717) is 25.7 Å². The summed E-state index contributed by atoms with van der Waals surface area (Å²) in [6.07, 6.45) is 0. The first-order chi connectivity index (χ1) is 10.0. The van der Waals surface area contributed by atoms with Gasteiger partial charge in [0.2, 0.25) is 0 Å². The van der Waals surface area contributed by atoms with Crippen molar-refractivity contribution in [3.63, 3.8) is 0 Å². The third-order valence-electron chi connectivity index (χ3n) is 2.82. The van der Waals surface area contributed by atoms with E-state index in [4.69, 9.17) is 16.3 Å². The number of benzene rings is 2. The summed E-state index contributed by atoms with van der Waals surface area (Å²) in [4.78, 5) is 12.7. The summed E-state index contributed by atoms with van der Waals surface area (Å²) in [5.41, 5.74) is 0.475. The van der Waals surface area contributed by atoms with Gasteiger partial charge in [-0.05, 0) is 46.3 Å². The van der Waals surface area contributed by atoms with Crippen molar-refractivity contribution >= 4 is 44.1 Å². The second kappa shape index (κ2) is 7.20. The van der Waals surface area contributed by atoms with E-state index in [-0.39, 0.29) is 11.5 Å². The van der Waals surface area contributed by atoms with Crippen molar-refractivity contribution in [1.29, 1.82) is 0 Å². The SMILES string of the molecule is COc1ccc(C(=O)CS(=O)c2ccccc2Cl)cc1Br. The van der Waals surface area contributed by atoms with Crippen LogP contribution in [0.25, 0.3) is 0 Å². The molecule has 0 radical (unpaired) electrons. The standard InChI is InChI=1S/C15H12BrClO3S/c1-20-14-7-6-10(8-11(14)16)13(18)9-21(19)15-5-3-2-4-12(15)17/h2-8H,9H2,1H3. The lowest BCUT2D eigenvalue weighted by Gasteiger charge is -2.07. The highest BCUT2D eigenvalue weighted by Crippen LogP contribution is 2.26. The van der Waals surface area contributed by atoms with E-state index in [9.17, 15) is 9.00 Å². The normalized spacial score (nSPS) is 12.0. The molecular weight excluding hydrogens is 376 g/mol. The fraction of sp³-hybridized carbons (Fsp3) is 0.133. The molecule has 0 bridgehead atoms. The maximum atomic E-state index is 12.2. The highest BCUT2D eigenvalue weighted by atomic mass is 79.9. The predicted molar refractivity (Wildman–Crippen MR) is 87.8 cm³/mol. The van der Waals surface area contributed by atoms with Crippen molar-refractivity contribution < 1.29 is 13.7 Å². The van der Waals surface area contributed by atoms with Crippen molar-refractivity contribution in [3.05, 3.63) is 57.5 Å². The number of Topliss-reactive ketones (excluding diaryl/α,β-unsaturated/α-hetero) is 1. The van der Waals surface area contributed by atoms with Crippen LogP contribution in [-0.2, 0) is 10.8 Å². The number of ether oxygens (including phenoxy) is 1. The Kier molecular flexibility index (Phi) is 5.56. The zero-order valence-corrected chi connectivity index (χ0v) is 14.3. The Morgan fingerprint density at radius 2 is 2.00 bits per heavy atom. The van der Waals surface area contributed by atoms with Crippen molar-refractivity contribution in [2.24, 2.45) is 0 Å². The number of carbonyl (C=O) groups excluding carboxylic acids is 1. The average Bonchev–Trinajstić information content (AvgIpc) is 2.47. The van der Waals surface area contributed by atoms with Crippen LogP contribution in [0.2, 0.25) is 5.02 Å². The zero-order valence-electron chi connectivity index (χ0n) is 11.1. The lowest BCUT2D eigenvalue weighted by Crippen LogP contribution is -2.11. The summed E-state index contributed by atoms with van der Waals surface area (Å²) in [6.45, 7) is 0. The number of halogens is 2. The van der Waals surface area contributed by atoms with Crippen LogP contribution in [-0.4, -0.2) is 22.9 Å². The van der Waals surface area contributed by atoms with Crippen LogP contribution in [0, 0.1) is 0 Å². The first kappa shape index (κ1) is 16.2. The Labute approximate surface area is 138 Å². The van der Waals surface area contributed by atoms with E-state index in [1.807, 2.05) is 0 Å². The van der Waals surface area contributed by atoms with E-state index in [1.165, 1.54) is 0 Å². The van der Waals surface area contributed by atoms with Gasteiger partial charge in [0.15, 0.2) is 5.78 Å². The van der Waals surface area contributed by atoms with Crippen LogP contribution in [0.5, 0.6) is 5.75 Å². The molecule has 0 saturated carbocycles. The highest BCUT2D eigenvalue weighted by Gasteiger charge is 2.15. The maximum Gasteiger partial charge on any atom is 0.175 e. The lowest BCUT2D eigenvalue weighted by atomic mass is 10.1. The minimum Gasteiger partial charge on any atom is -0.496 e. The Balaban J connectivity index is 2.17. The fourth-order valence-corrected chi connectivity index (χ4v) is 3.76. The predicted octanol–water partition coefficient (Wildman–Crippen LogP) is 4.10. The molecule has 2 rings (SSSR count). The van der Waals surface area contributed by atoms with Gasteiger partial charge < -0.3 is 4.74 Å². The average molecular weight is 388 g/mol. The molecule has 1 unspecified atom stereocenters. The molecule has 2 aromatic carbocycles. The first-order valence-corrected chi connectivity index (χ1v) is 8.51. The van der Waals surface area contributed by atoms with Gasteiger partial charge in [-0.25, -0.2) is 0 Å². The molecule has 0 heterocycles. The van der Waals surface area contributed by atoms with Crippen molar-refractivity contribution in [2.75, 3.05) is 12.9 Å². The summed E-state index contributed by atoms with van der Waals surface area (Å²) in [7, 11) is 0.0823. The second-order valence-corrected chi connectivity index (χ2v) is 6.87. The van der Waals surface area contributed by atoms with Crippen LogP contribution in [0.15, 0.2) is 51.8 Å². The second-order valence-electron chi connectivity index (χ2n) is 4.19. The molecule has 21 heavy (non-hydrogen) atoms. The number of hydrogen-bond donors (Lipinski definition) is 0. The van der Waals surface area contributed by atoms with Crippen LogP contribution in [0.4, 0.5) is 0 Å². The number of ketones is 1. The molecular formula is C15H12BrClO3S. The number of carbonyl (C=O) groups is 1. The molecule has 0 aromatic heterocycles. The summed E-state index contributed by atoms with van der Waals surface area (Å²) < 4.78 is 18.0. The molecule has 0 aliphatic heterocycles. The Hall–Kier alpha value is -1.17. The van der Waals surface area contributed by atoms with Crippen LogP contribution >= 0.6 is 27.5 Å². The Bertz CT molecular complexity index is 703. The van der Waals surface area contributed by atoms with Gasteiger partial charge in [-0.1, -0.05) is 23.7 Å². The molecule has 110 valence electrons. The van der Waals surface area contributed by atoms with Gasteiger partial charge >= 0.3 is 0 Å². The largest absolute Gasteiger partial charge is 0.496 e. The molecule has 0 amide bonds. The van der Waals surface area contributed by atoms with E-state index in [0.717, 1.165) is 0 Å². The number of hydrogen-bond acceptors (Lipinski definition) is 3. The van der Waals surface area contributed by atoms with Gasteiger partial charge in [0.25, 0.3) is 0 Å². The molecule has 3 nitrogen and oxygen atoms in total. The maximum absolute atomic E-state index is 12.2. The van der Waals surface area contributed by atoms with E-state index in [1.54, 1.807) is 49.6 Å². The van der Waals surface area contributed by atoms with Gasteiger partial charge in [-0.3, -0.25) is 9.00 Å².